The molecule has 1 aromatic heterocycles. The summed E-state index contributed by atoms with van der Waals surface area (Å²) in [4.78, 5) is 22.0. The van der Waals surface area contributed by atoms with Crippen molar-refractivity contribution in [2.24, 2.45) is 0 Å². The molecule has 0 amide bonds. The number of aryl methyl sites for hydroxylation is 1. The molecular formula is C12H11NO5. The van der Waals surface area contributed by atoms with Gasteiger partial charge in [0.25, 0.3) is 5.69 Å². The normalized spacial score (nSPS) is 10.6. The van der Waals surface area contributed by atoms with Gasteiger partial charge in [-0.25, -0.2) is 4.79 Å². The fourth-order valence-electron chi connectivity index (χ4n) is 1.78. The molecule has 0 aliphatic rings. The molecule has 6 heteroatoms. The molecule has 0 spiro atoms. The van der Waals surface area contributed by atoms with E-state index in [0.29, 0.717) is 16.7 Å². The smallest absolute Gasteiger partial charge is 0.342 e. The first kappa shape index (κ1) is 12.1. The van der Waals surface area contributed by atoms with Crippen LogP contribution < -0.4 is 0 Å². The molecule has 0 atom stereocenters. The highest BCUT2D eigenvalue weighted by Gasteiger charge is 2.21. The lowest BCUT2D eigenvalue weighted by Crippen LogP contribution is -2.05. The van der Waals surface area contributed by atoms with Gasteiger partial charge in [0.2, 0.25) is 0 Å². The van der Waals surface area contributed by atoms with Crippen LogP contribution in [0.5, 0.6) is 0 Å². The SMILES string of the molecule is CCOC(=O)c1c(C)oc2ccc([N+](=O)[O-])cc12. The lowest BCUT2D eigenvalue weighted by Gasteiger charge is -2.00. The molecule has 0 saturated carbocycles. The number of benzene rings is 1. The van der Waals surface area contributed by atoms with Gasteiger partial charge in [0.1, 0.15) is 16.9 Å². The van der Waals surface area contributed by atoms with Crippen molar-refractivity contribution in [1.82, 2.24) is 0 Å². The topological polar surface area (TPSA) is 82.6 Å². The van der Waals surface area contributed by atoms with Crippen molar-refractivity contribution in [1.29, 1.82) is 0 Å². The van der Waals surface area contributed by atoms with Gasteiger partial charge in [-0.3, -0.25) is 10.1 Å². The van der Waals surface area contributed by atoms with E-state index in [2.05, 4.69) is 0 Å². The van der Waals surface area contributed by atoms with Crippen molar-refractivity contribution in [3.8, 4) is 0 Å². The summed E-state index contributed by atoms with van der Waals surface area (Å²) in [7, 11) is 0. The maximum atomic E-state index is 11.8. The monoisotopic (exact) mass is 249 g/mol. The molecule has 6 nitrogen and oxygen atoms in total. The lowest BCUT2D eigenvalue weighted by molar-refractivity contribution is -0.384. The second-order valence-corrected chi connectivity index (χ2v) is 3.69. The molecule has 1 aromatic carbocycles. The number of non-ortho nitro benzene ring substituents is 1. The minimum Gasteiger partial charge on any atom is -0.462 e. The molecule has 0 fully saturated rings. The second-order valence-electron chi connectivity index (χ2n) is 3.69. The van der Waals surface area contributed by atoms with Crippen LogP contribution in [0.2, 0.25) is 0 Å². The maximum absolute atomic E-state index is 11.8. The van der Waals surface area contributed by atoms with Crippen LogP contribution in [0.4, 0.5) is 5.69 Å². The van der Waals surface area contributed by atoms with Gasteiger partial charge < -0.3 is 9.15 Å². The first-order valence-corrected chi connectivity index (χ1v) is 5.39. The van der Waals surface area contributed by atoms with Crippen LogP contribution >= 0.6 is 0 Å². The largest absolute Gasteiger partial charge is 0.462 e. The maximum Gasteiger partial charge on any atom is 0.342 e. The van der Waals surface area contributed by atoms with Gasteiger partial charge in [-0.05, 0) is 19.9 Å². The van der Waals surface area contributed by atoms with Gasteiger partial charge in [-0.2, -0.15) is 0 Å². The summed E-state index contributed by atoms with van der Waals surface area (Å²) >= 11 is 0. The Hall–Kier alpha value is -2.37. The number of hydrogen-bond donors (Lipinski definition) is 0. The zero-order valence-electron chi connectivity index (χ0n) is 9.93. The number of esters is 1. The number of nitrogens with zero attached hydrogens (tertiary/aromatic N) is 1. The van der Waals surface area contributed by atoms with E-state index in [4.69, 9.17) is 9.15 Å². The Morgan fingerprint density at radius 2 is 2.22 bits per heavy atom. The van der Waals surface area contributed by atoms with Gasteiger partial charge in [0.15, 0.2) is 0 Å². The minimum atomic E-state index is -0.533. The van der Waals surface area contributed by atoms with Crippen LogP contribution in [0.1, 0.15) is 23.0 Å². The molecule has 1 heterocycles. The zero-order chi connectivity index (χ0) is 13.3. The Morgan fingerprint density at radius 3 is 2.83 bits per heavy atom. The van der Waals surface area contributed by atoms with Crippen LogP contribution in [0.3, 0.4) is 0 Å². The van der Waals surface area contributed by atoms with E-state index in [1.165, 1.54) is 18.2 Å². The molecule has 2 aromatic rings. The van der Waals surface area contributed by atoms with Crippen LogP contribution in [0.25, 0.3) is 11.0 Å². The van der Waals surface area contributed by atoms with Crippen molar-refractivity contribution in [3.63, 3.8) is 0 Å². The van der Waals surface area contributed by atoms with Crippen LogP contribution in [0.15, 0.2) is 22.6 Å². The second kappa shape index (κ2) is 4.48. The third kappa shape index (κ3) is 1.92. The Balaban J connectivity index is 2.64. The molecule has 18 heavy (non-hydrogen) atoms. The van der Waals surface area contributed by atoms with Crippen molar-refractivity contribution >= 4 is 22.6 Å². The first-order valence-electron chi connectivity index (χ1n) is 5.39. The standard InChI is InChI=1S/C12H11NO5/c1-3-17-12(14)11-7(2)18-10-5-4-8(13(15)16)6-9(10)11/h4-6H,3H2,1-2H3. The number of ether oxygens (including phenoxy) is 1. The van der Waals surface area contributed by atoms with E-state index in [1.54, 1.807) is 13.8 Å². The third-order valence-electron chi connectivity index (χ3n) is 2.54. The molecular weight excluding hydrogens is 238 g/mol. The van der Waals surface area contributed by atoms with Crippen LogP contribution in [0, 0.1) is 17.0 Å². The zero-order valence-corrected chi connectivity index (χ0v) is 9.93. The molecule has 0 radical (unpaired) electrons. The number of fused-ring (bicyclic) bond motifs is 1. The summed E-state index contributed by atoms with van der Waals surface area (Å²) in [6, 6.07) is 4.13. The summed E-state index contributed by atoms with van der Waals surface area (Å²) in [5.74, 6) is -0.141. The van der Waals surface area contributed by atoms with Crippen molar-refractivity contribution in [2.75, 3.05) is 6.61 Å². The number of nitro benzene ring substituents is 1. The molecule has 0 N–H and O–H groups in total. The minimum absolute atomic E-state index is 0.0890. The van der Waals surface area contributed by atoms with Gasteiger partial charge in [-0.1, -0.05) is 0 Å². The van der Waals surface area contributed by atoms with E-state index in [9.17, 15) is 14.9 Å². The number of nitro groups is 1. The van der Waals surface area contributed by atoms with Crippen molar-refractivity contribution < 1.29 is 18.9 Å². The quantitative estimate of drug-likeness (QED) is 0.474. The fourth-order valence-corrected chi connectivity index (χ4v) is 1.78. The summed E-state index contributed by atoms with van der Waals surface area (Å²) in [6.45, 7) is 3.55. The average molecular weight is 249 g/mol. The third-order valence-corrected chi connectivity index (χ3v) is 2.54. The molecule has 0 saturated heterocycles. The summed E-state index contributed by atoms with van der Waals surface area (Å²) in [5.41, 5.74) is 0.588. The Labute approximate surface area is 102 Å². The molecule has 0 bridgehead atoms. The summed E-state index contributed by atoms with van der Waals surface area (Å²) < 4.78 is 10.3. The molecule has 0 unspecified atom stereocenters. The summed E-state index contributed by atoms with van der Waals surface area (Å²) in [5, 5.41) is 11.1. The lowest BCUT2D eigenvalue weighted by atomic mass is 10.1. The van der Waals surface area contributed by atoms with E-state index in [-0.39, 0.29) is 17.9 Å². The van der Waals surface area contributed by atoms with E-state index >= 15 is 0 Å². The van der Waals surface area contributed by atoms with E-state index in [1.807, 2.05) is 0 Å². The number of carbonyl (C=O) groups is 1. The Morgan fingerprint density at radius 1 is 1.50 bits per heavy atom. The molecule has 94 valence electrons. The average Bonchev–Trinajstić information content (AvgIpc) is 2.63. The summed E-state index contributed by atoms with van der Waals surface area (Å²) in [6.07, 6.45) is 0. The first-order chi connectivity index (χ1) is 8.54. The highest BCUT2D eigenvalue weighted by Crippen LogP contribution is 2.29. The van der Waals surface area contributed by atoms with Gasteiger partial charge in [-0.15, -0.1) is 0 Å². The molecule has 0 aliphatic heterocycles. The highest BCUT2D eigenvalue weighted by molar-refractivity contribution is 6.05. The van der Waals surface area contributed by atoms with Crippen LogP contribution in [-0.4, -0.2) is 17.5 Å². The van der Waals surface area contributed by atoms with Crippen LogP contribution in [-0.2, 0) is 4.74 Å². The van der Waals surface area contributed by atoms with Gasteiger partial charge in [0, 0.05) is 17.5 Å². The fraction of sp³-hybridized carbons (Fsp3) is 0.250. The Kier molecular flexibility index (Phi) is 3.01. The molecule has 0 aliphatic carbocycles. The number of furan rings is 1. The number of hydrogen-bond acceptors (Lipinski definition) is 5. The Bertz CT molecular complexity index is 629. The predicted molar refractivity (Wildman–Crippen MR) is 63.6 cm³/mol. The van der Waals surface area contributed by atoms with Gasteiger partial charge >= 0.3 is 5.97 Å². The predicted octanol–water partition coefficient (Wildman–Crippen LogP) is 2.83. The van der Waals surface area contributed by atoms with Crippen molar-refractivity contribution in [2.45, 2.75) is 13.8 Å². The van der Waals surface area contributed by atoms with Crippen molar-refractivity contribution in [3.05, 3.63) is 39.6 Å². The van der Waals surface area contributed by atoms with E-state index < -0.39 is 10.9 Å². The van der Waals surface area contributed by atoms with E-state index in [0.717, 1.165) is 0 Å². The van der Waals surface area contributed by atoms with Gasteiger partial charge in [0.05, 0.1) is 11.5 Å². The number of rotatable bonds is 3. The highest BCUT2D eigenvalue weighted by atomic mass is 16.6. The molecule has 2 rings (SSSR count). The number of carbonyl (C=O) groups excluding carboxylic acids is 1.